The average Bonchev–Trinajstić information content (AvgIpc) is 2.39. The van der Waals surface area contributed by atoms with Crippen LogP contribution in [0.3, 0.4) is 0 Å². The Bertz CT molecular complexity index is 445. The average molecular weight is 308 g/mol. The van der Waals surface area contributed by atoms with E-state index in [2.05, 4.69) is 0 Å². The molecule has 0 aromatic heterocycles. The van der Waals surface area contributed by atoms with E-state index in [-0.39, 0.29) is 18.8 Å². The van der Waals surface area contributed by atoms with Gasteiger partial charge in [-0.3, -0.25) is 13.6 Å². The van der Waals surface area contributed by atoms with Gasteiger partial charge in [0.05, 0.1) is 13.2 Å². The third kappa shape index (κ3) is 4.09. The first kappa shape index (κ1) is 17.2. The minimum Gasteiger partial charge on any atom is -0.287 e. The fourth-order valence-electron chi connectivity index (χ4n) is 1.63. The van der Waals surface area contributed by atoms with E-state index in [4.69, 9.17) is 13.6 Å². The summed E-state index contributed by atoms with van der Waals surface area (Å²) in [5.41, 5.74) is -1.86. The second-order valence-corrected chi connectivity index (χ2v) is 5.74. The molecule has 0 aliphatic heterocycles. The number of halogens is 2. The van der Waals surface area contributed by atoms with E-state index < -0.39 is 19.8 Å². The lowest BCUT2D eigenvalue weighted by molar-refractivity contribution is -0.0893. The Morgan fingerprint density at radius 2 is 1.65 bits per heavy atom. The van der Waals surface area contributed by atoms with Crippen molar-refractivity contribution in [1.29, 1.82) is 0 Å². The summed E-state index contributed by atoms with van der Waals surface area (Å²) >= 11 is 0. The largest absolute Gasteiger partial charge is 0.475 e. The highest BCUT2D eigenvalue weighted by atomic mass is 31.2. The van der Waals surface area contributed by atoms with Crippen LogP contribution in [0.15, 0.2) is 30.3 Å². The van der Waals surface area contributed by atoms with Gasteiger partial charge in [0.1, 0.15) is 0 Å². The first-order valence-corrected chi connectivity index (χ1v) is 7.77. The molecule has 4 nitrogen and oxygen atoms in total. The van der Waals surface area contributed by atoms with Gasteiger partial charge in [-0.05, 0) is 26.3 Å². The summed E-state index contributed by atoms with van der Waals surface area (Å²) in [6.45, 7) is 4.39. The predicted octanol–water partition coefficient (Wildman–Crippen LogP) is 4.36. The molecule has 7 heteroatoms. The molecule has 1 aromatic rings. The van der Waals surface area contributed by atoms with Gasteiger partial charge in [0, 0.05) is 0 Å². The molecule has 1 atom stereocenters. The molecule has 0 radical (unpaired) electrons. The highest BCUT2D eigenvalue weighted by Crippen LogP contribution is 2.56. The lowest BCUT2D eigenvalue weighted by Gasteiger charge is -2.32. The molecule has 0 saturated heterocycles. The molecule has 1 rings (SSSR count). The first-order chi connectivity index (χ1) is 9.38. The smallest absolute Gasteiger partial charge is 0.287 e. The third-order valence-electron chi connectivity index (χ3n) is 2.64. The van der Waals surface area contributed by atoms with Crippen LogP contribution >= 0.6 is 7.82 Å². The second-order valence-electron chi connectivity index (χ2n) is 4.15. The molecule has 0 saturated carbocycles. The molecule has 0 fully saturated rings. The minimum atomic E-state index is -4.04. The van der Waals surface area contributed by atoms with Crippen LogP contribution in [0.25, 0.3) is 0 Å². The Hall–Kier alpha value is -0.810. The van der Waals surface area contributed by atoms with E-state index in [0.29, 0.717) is 0 Å². The maximum absolute atomic E-state index is 13.4. The summed E-state index contributed by atoms with van der Waals surface area (Å²) in [5.74, 6) is 0. The predicted molar refractivity (Wildman–Crippen MR) is 71.7 cm³/mol. The summed E-state index contributed by atoms with van der Waals surface area (Å²) in [7, 11) is -4.04. The van der Waals surface area contributed by atoms with Crippen molar-refractivity contribution in [3.8, 4) is 0 Å². The van der Waals surface area contributed by atoms with Gasteiger partial charge in [-0.2, -0.15) is 0 Å². The molecule has 0 spiro atoms. The highest BCUT2D eigenvalue weighted by Gasteiger charge is 2.45. The van der Waals surface area contributed by atoms with Gasteiger partial charge in [0.25, 0.3) is 6.43 Å². The number of rotatable bonds is 8. The zero-order valence-electron chi connectivity index (χ0n) is 11.7. The normalized spacial score (nSPS) is 15.3. The zero-order chi connectivity index (χ0) is 15.2. The number of benzene rings is 1. The van der Waals surface area contributed by atoms with Gasteiger partial charge in [0.15, 0.2) is 5.60 Å². The summed E-state index contributed by atoms with van der Waals surface area (Å²) in [6.07, 6.45) is -2.89. The van der Waals surface area contributed by atoms with Crippen LogP contribution in [0.4, 0.5) is 8.78 Å². The number of phosphoric acid groups is 1. The minimum absolute atomic E-state index is 0.0331. The standard InChI is InChI=1S/C13H19F2O4P/c1-4-17-20(16,18-5-2)19-13(3,12(14)15)11-9-7-6-8-10-11/h6-10,12H,4-5H2,1-3H3. The number of hydrogen-bond donors (Lipinski definition) is 0. The molecule has 0 aliphatic carbocycles. The Balaban J connectivity index is 3.11. The fourth-order valence-corrected chi connectivity index (χ4v) is 3.09. The molecule has 0 bridgehead atoms. The van der Waals surface area contributed by atoms with Crippen LogP contribution in [-0.4, -0.2) is 19.6 Å². The Labute approximate surface area is 117 Å². The van der Waals surface area contributed by atoms with Gasteiger partial charge in [-0.25, -0.2) is 13.3 Å². The highest BCUT2D eigenvalue weighted by molar-refractivity contribution is 7.48. The maximum atomic E-state index is 13.4. The molecular formula is C13H19F2O4P. The van der Waals surface area contributed by atoms with Crippen LogP contribution in [0.5, 0.6) is 0 Å². The molecule has 0 aliphatic rings. The van der Waals surface area contributed by atoms with Crippen molar-refractivity contribution >= 4 is 7.82 Å². The van der Waals surface area contributed by atoms with Crippen LogP contribution in [0.1, 0.15) is 26.3 Å². The van der Waals surface area contributed by atoms with Gasteiger partial charge in [-0.15, -0.1) is 0 Å². The molecule has 0 amide bonds. The fraction of sp³-hybridized carbons (Fsp3) is 0.538. The van der Waals surface area contributed by atoms with E-state index in [9.17, 15) is 13.3 Å². The van der Waals surface area contributed by atoms with Crippen molar-refractivity contribution < 1.29 is 26.9 Å². The maximum Gasteiger partial charge on any atom is 0.475 e. The van der Waals surface area contributed by atoms with Crippen LogP contribution in [-0.2, 0) is 23.7 Å². The lowest BCUT2D eigenvalue weighted by Crippen LogP contribution is -2.33. The van der Waals surface area contributed by atoms with Crippen molar-refractivity contribution in [3.05, 3.63) is 35.9 Å². The van der Waals surface area contributed by atoms with Gasteiger partial charge in [0.2, 0.25) is 0 Å². The third-order valence-corrected chi connectivity index (χ3v) is 4.39. The van der Waals surface area contributed by atoms with E-state index in [0.717, 1.165) is 6.92 Å². The van der Waals surface area contributed by atoms with Crippen LogP contribution in [0.2, 0.25) is 0 Å². The summed E-state index contributed by atoms with van der Waals surface area (Å²) < 4.78 is 54.1. The monoisotopic (exact) mass is 308 g/mol. The number of phosphoric ester groups is 1. The molecule has 0 N–H and O–H groups in total. The Kier molecular flexibility index (Phi) is 6.27. The van der Waals surface area contributed by atoms with E-state index in [1.807, 2.05) is 0 Å². The number of hydrogen-bond acceptors (Lipinski definition) is 4. The molecule has 0 heterocycles. The SMILES string of the molecule is CCOP(=O)(OCC)OC(C)(c1ccccc1)C(F)F. The van der Waals surface area contributed by atoms with E-state index in [1.165, 1.54) is 12.1 Å². The van der Waals surface area contributed by atoms with Gasteiger partial charge in [-0.1, -0.05) is 30.3 Å². The van der Waals surface area contributed by atoms with Crippen molar-refractivity contribution in [2.75, 3.05) is 13.2 Å². The molecule has 20 heavy (non-hydrogen) atoms. The Morgan fingerprint density at radius 1 is 1.15 bits per heavy atom. The van der Waals surface area contributed by atoms with E-state index >= 15 is 0 Å². The molecule has 114 valence electrons. The van der Waals surface area contributed by atoms with Crippen molar-refractivity contribution in [1.82, 2.24) is 0 Å². The second kappa shape index (κ2) is 7.27. The molecule has 1 aromatic carbocycles. The molecular weight excluding hydrogens is 289 g/mol. The van der Waals surface area contributed by atoms with Gasteiger partial charge >= 0.3 is 7.82 Å². The van der Waals surface area contributed by atoms with Crippen molar-refractivity contribution in [2.45, 2.75) is 32.8 Å². The van der Waals surface area contributed by atoms with Gasteiger partial charge < -0.3 is 0 Å². The Morgan fingerprint density at radius 3 is 2.05 bits per heavy atom. The quantitative estimate of drug-likeness (QED) is 0.669. The van der Waals surface area contributed by atoms with Crippen molar-refractivity contribution in [2.24, 2.45) is 0 Å². The van der Waals surface area contributed by atoms with Crippen molar-refractivity contribution in [3.63, 3.8) is 0 Å². The van der Waals surface area contributed by atoms with Crippen LogP contribution < -0.4 is 0 Å². The summed E-state index contributed by atoms with van der Waals surface area (Å²) in [4.78, 5) is 0. The van der Waals surface area contributed by atoms with E-state index in [1.54, 1.807) is 32.0 Å². The van der Waals surface area contributed by atoms with Crippen LogP contribution in [0, 0.1) is 0 Å². The topological polar surface area (TPSA) is 44.8 Å². The summed E-state index contributed by atoms with van der Waals surface area (Å²) in [6, 6.07) is 7.86. The first-order valence-electron chi connectivity index (χ1n) is 6.31. The summed E-state index contributed by atoms with van der Waals surface area (Å²) in [5, 5.41) is 0. The zero-order valence-corrected chi connectivity index (χ0v) is 12.6. The lowest BCUT2D eigenvalue weighted by atomic mass is 9.97. The number of alkyl halides is 2. The molecule has 1 unspecified atom stereocenters.